The van der Waals surface area contributed by atoms with Crippen molar-refractivity contribution in [2.24, 2.45) is 0 Å². The summed E-state index contributed by atoms with van der Waals surface area (Å²) in [7, 11) is 0. The maximum absolute atomic E-state index is 11.8. The molecule has 0 spiro atoms. The van der Waals surface area contributed by atoms with Gasteiger partial charge in [-0.25, -0.2) is 9.78 Å². The lowest BCUT2D eigenvalue weighted by molar-refractivity contribution is 0.0535. The second kappa shape index (κ2) is 7.38. The van der Waals surface area contributed by atoms with Crippen LogP contribution in [0.25, 0.3) is 0 Å². The molecular weight excluding hydrogens is 380 g/mol. The number of cyclic esters (lactones) is 1. The lowest BCUT2D eigenvalue weighted by atomic mass is 9.95. The van der Waals surface area contributed by atoms with Crippen molar-refractivity contribution in [2.75, 3.05) is 24.5 Å². The smallest absolute Gasteiger partial charge is 0.338 e. The van der Waals surface area contributed by atoms with Gasteiger partial charge in [0.05, 0.1) is 17.2 Å². The van der Waals surface area contributed by atoms with Crippen LogP contribution in [0.5, 0.6) is 0 Å². The van der Waals surface area contributed by atoms with Crippen LogP contribution < -0.4 is 4.90 Å². The van der Waals surface area contributed by atoms with Crippen LogP contribution in [-0.4, -0.2) is 52.7 Å². The van der Waals surface area contributed by atoms with E-state index in [0.29, 0.717) is 36.4 Å². The molecule has 3 aliphatic rings. The number of carbonyl (C=O) groups excluding carboxylic acids is 1. The van der Waals surface area contributed by atoms with Gasteiger partial charge in [-0.05, 0) is 49.1 Å². The van der Waals surface area contributed by atoms with Gasteiger partial charge >= 0.3 is 5.97 Å². The Morgan fingerprint density at radius 3 is 2.70 bits per heavy atom. The Morgan fingerprint density at radius 2 is 2.03 bits per heavy atom. The molecule has 0 aliphatic carbocycles. The molecule has 1 aromatic carbocycles. The minimum Gasteiger partial charge on any atom is -0.457 e. The van der Waals surface area contributed by atoms with Crippen LogP contribution in [0.15, 0.2) is 30.5 Å². The lowest BCUT2D eigenvalue weighted by Gasteiger charge is -2.42. The molecule has 0 amide bonds. The number of hydrogen-bond acceptors (Lipinski definition) is 7. The Hall–Kier alpha value is -2.95. The summed E-state index contributed by atoms with van der Waals surface area (Å²) < 4.78 is 5.14. The molecule has 0 saturated carbocycles. The fraction of sp³-hybridized carbons (Fsp3) is 0.435. The first kappa shape index (κ1) is 19.0. The van der Waals surface area contributed by atoms with Gasteiger partial charge in [-0.1, -0.05) is 6.07 Å². The predicted octanol–water partition coefficient (Wildman–Crippen LogP) is 2.32. The Bertz CT molecular complexity index is 1020. The molecule has 1 N–H and O–H groups in total. The van der Waals surface area contributed by atoms with Gasteiger partial charge in [0.15, 0.2) is 0 Å². The number of hydrogen-bond donors (Lipinski definition) is 1. The number of piperazine rings is 1. The van der Waals surface area contributed by atoms with Crippen molar-refractivity contribution in [3.63, 3.8) is 0 Å². The number of aliphatic hydroxyl groups is 1. The monoisotopic (exact) mass is 404 g/mol. The van der Waals surface area contributed by atoms with Gasteiger partial charge in [0.1, 0.15) is 18.5 Å². The Morgan fingerprint density at radius 1 is 1.27 bits per heavy atom. The van der Waals surface area contributed by atoms with Crippen molar-refractivity contribution >= 4 is 11.8 Å². The maximum Gasteiger partial charge on any atom is 0.338 e. The summed E-state index contributed by atoms with van der Waals surface area (Å²) in [5, 5.41) is 20.0. The van der Waals surface area contributed by atoms with E-state index in [1.165, 1.54) is 0 Å². The van der Waals surface area contributed by atoms with Crippen molar-refractivity contribution in [1.29, 1.82) is 5.26 Å². The summed E-state index contributed by atoms with van der Waals surface area (Å²) in [4.78, 5) is 20.9. The van der Waals surface area contributed by atoms with Gasteiger partial charge in [-0.3, -0.25) is 4.90 Å². The van der Waals surface area contributed by atoms with Gasteiger partial charge in [0.2, 0.25) is 0 Å². The zero-order chi connectivity index (χ0) is 20.8. The normalized spacial score (nSPS) is 23.8. The van der Waals surface area contributed by atoms with E-state index in [2.05, 4.69) is 20.9 Å². The summed E-state index contributed by atoms with van der Waals surface area (Å²) in [6.45, 7) is 4.57. The topological polar surface area (TPSA) is 89.7 Å². The molecule has 3 atom stereocenters. The first-order valence-electron chi connectivity index (χ1n) is 10.4. The molecule has 2 aromatic rings. The number of nitrogens with zero attached hydrogens (tertiary/aromatic N) is 4. The quantitative estimate of drug-likeness (QED) is 0.782. The summed E-state index contributed by atoms with van der Waals surface area (Å²) in [6, 6.07) is 10.2. The Labute approximate surface area is 175 Å². The Kier molecular flexibility index (Phi) is 4.69. The molecule has 2 saturated heterocycles. The molecule has 1 aromatic heterocycles. The van der Waals surface area contributed by atoms with Crippen molar-refractivity contribution in [2.45, 2.75) is 44.6 Å². The molecule has 5 rings (SSSR count). The van der Waals surface area contributed by atoms with Crippen LogP contribution in [0.1, 0.15) is 51.6 Å². The van der Waals surface area contributed by atoms with Crippen molar-refractivity contribution in [3.05, 3.63) is 58.3 Å². The molecule has 3 aliphatic heterocycles. The van der Waals surface area contributed by atoms with Crippen molar-refractivity contribution < 1.29 is 14.6 Å². The zero-order valence-electron chi connectivity index (χ0n) is 16.9. The highest BCUT2D eigenvalue weighted by molar-refractivity contribution is 5.93. The van der Waals surface area contributed by atoms with E-state index in [4.69, 9.17) is 10.00 Å². The van der Waals surface area contributed by atoms with Crippen LogP contribution in [0.3, 0.4) is 0 Å². The summed E-state index contributed by atoms with van der Waals surface area (Å²) in [5.41, 5.74) is 3.92. The molecule has 154 valence electrons. The molecule has 4 heterocycles. The average molecular weight is 404 g/mol. The van der Waals surface area contributed by atoms with Gasteiger partial charge in [-0.2, -0.15) is 5.26 Å². The first-order chi connectivity index (χ1) is 14.5. The van der Waals surface area contributed by atoms with Crippen LogP contribution in [0.2, 0.25) is 0 Å². The average Bonchev–Trinajstić information content (AvgIpc) is 3.23. The van der Waals surface area contributed by atoms with Crippen LogP contribution in [0.4, 0.5) is 5.82 Å². The maximum atomic E-state index is 11.8. The highest BCUT2D eigenvalue weighted by Gasteiger charge is 2.41. The molecule has 0 radical (unpaired) electrons. The van der Waals surface area contributed by atoms with Gasteiger partial charge in [-0.15, -0.1) is 0 Å². The van der Waals surface area contributed by atoms with Crippen LogP contribution in [0, 0.1) is 18.3 Å². The minimum atomic E-state index is -0.603. The van der Waals surface area contributed by atoms with E-state index in [-0.39, 0.29) is 5.97 Å². The number of anilines is 1. The molecule has 0 unspecified atom stereocenters. The van der Waals surface area contributed by atoms with Crippen molar-refractivity contribution in [3.8, 4) is 6.07 Å². The van der Waals surface area contributed by atoms with Gasteiger partial charge in [0.25, 0.3) is 0 Å². The number of nitriles is 1. The third-order valence-corrected chi connectivity index (χ3v) is 6.79. The summed E-state index contributed by atoms with van der Waals surface area (Å²) in [5.74, 6) is 0.630. The SMILES string of the molecule is Cc1c([C@@H](O)CN2[C@@H]3CC[C@H]2CN(c2ccc(C#N)cn2)C3)ccc2c1COC2=O. The number of esters is 1. The molecule has 2 fully saturated rings. The summed E-state index contributed by atoms with van der Waals surface area (Å²) >= 11 is 0. The number of ether oxygens (including phenoxy) is 1. The van der Waals surface area contributed by atoms with E-state index < -0.39 is 6.10 Å². The van der Waals surface area contributed by atoms with Gasteiger partial charge in [0, 0.05) is 43.5 Å². The molecule has 7 heteroatoms. The number of carbonyl (C=O) groups is 1. The number of benzene rings is 1. The fourth-order valence-electron chi connectivity index (χ4n) is 5.14. The largest absolute Gasteiger partial charge is 0.457 e. The highest BCUT2D eigenvalue weighted by Crippen LogP contribution is 2.35. The molecule has 7 nitrogen and oxygen atoms in total. The zero-order valence-corrected chi connectivity index (χ0v) is 16.9. The third-order valence-electron chi connectivity index (χ3n) is 6.79. The van der Waals surface area contributed by atoms with E-state index in [0.717, 1.165) is 48.4 Å². The van der Waals surface area contributed by atoms with E-state index in [1.807, 2.05) is 25.1 Å². The van der Waals surface area contributed by atoms with Crippen LogP contribution in [-0.2, 0) is 11.3 Å². The second-order valence-electron chi connectivity index (χ2n) is 8.40. The van der Waals surface area contributed by atoms with E-state index >= 15 is 0 Å². The third kappa shape index (κ3) is 3.13. The number of aromatic nitrogens is 1. The minimum absolute atomic E-state index is 0.278. The molecular formula is C23H24N4O3. The van der Waals surface area contributed by atoms with Crippen LogP contribution >= 0.6 is 0 Å². The predicted molar refractivity (Wildman–Crippen MR) is 110 cm³/mol. The Balaban J connectivity index is 1.30. The number of fused-ring (bicyclic) bond motifs is 3. The van der Waals surface area contributed by atoms with Crippen molar-refractivity contribution in [1.82, 2.24) is 9.88 Å². The van der Waals surface area contributed by atoms with E-state index in [1.54, 1.807) is 12.3 Å². The second-order valence-corrected chi connectivity index (χ2v) is 8.40. The molecule has 2 bridgehead atoms. The number of pyridine rings is 1. The number of aliphatic hydroxyl groups excluding tert-OH is 1. The highest BCUT2D eigenvalue weighted by atomic mass is 16.5. The van der Waals surface area contributed by atoms with E-state index in [9.17, 15) is 9.90 Å². The fourth-order valence-corrected chi connectivity index (χ4v) is 5.14. The first-order valence-corrected chi connectivity index (χ1v) is 10.4. The van der Waals surface area contributed by atoms with Gasteiger partial charge < -0.3 is 14.7 Å². The number of rotatable bonds is 4. The standard InChI is InChI=1S/C23H24N4O3/c1-14-18(5-6-19-20(14)13-30-23(19)29)21(28)12-27-16-3-4-17(27)11-26(10-16)22-7-2-15(8-24)9-25-22/h2,5-7,9,16-17,21,28H,3-4,10-13H2,1H3/t16-,17+,21-/m0/s1. The lowest BCUT2D eigenvalue weighted by Crippen LogP contribution is -2.55. The molecule has 30 heavy (non-hydrogen) atoms. The summed E-state index contributed by atoms with van der Waals surface area (Å²) in [6.07, 6.45) is 3.23.